The van der Waals surface area contributed by atoms with Crippen LogP contribution in [0.15, 0.2) is 0 Å². The molecule has 96 valence electrons. The molecule has 1 aliphatic rings. The molecule has 0 atom stereocenters. The zero-order valence-electron chi connectivity index (χ0n) is 10.9. The number of ether oxygens (including phenoxy) is 1. The van der Waals surface area contributed by atoms with Crippen LogP contribution in [0.3, 0.4) is 0 Å². The van der Waals surface area contributed by atoms with E-state index in [1.807, 2.05) is 0 Å². The lowest BCUT2D eigenvalue weighted by Gasteiger charge is -2.39. The molecule has 1 rings (SSSR count). The Balaban J connectivity index is 2.52. The van der Waals surface area contributed by atoms with E-state index in [1.165, 1.54) is 32.2 Å². The molecule has 0 spiro atoms. The van der Waals surface area contributed by atoms with Crippen LogP contribution in [0.5, 0.6) is 0 Å². The van der Waals surface area contributed by atoms with Gasteiger partial charge >= 0.3 is 0 Å². The monoisotopic (exact) mass is 245 g/mol. The van der Waals surface area contributed by atoms with Crippen molar-refractivity contribution >= 4 is 12.6 Å². The van der Waals surface area contributed by atoms with E-state index >= 15 is 0 Å². The van der Waals surface area contributed by atoms with Crippen LogP contribution in [0, 0.1) is 5.41 Å². The summed E-state index contributed by atoms with van der Waals surface area (Å²) in [6.07, 6.45) is 5.15. The van der Waals surface area contributed by atoms with Gasteiger partial charge in [0.15, 0.2) is 0 Å². The van der Waals surface area contributed by atoms with E-state index in [0.29, 0.717) is 5.41 Å². The van der Waals surface area contributed by atoms with Crippen molar-refractivity contribution in [2.45, 2.75) is 39.5 Å². The Bertz CT molecular complexity index is 175. The van der Waals surface area contributed by atoms with Gasteiger partial charge in [-0.15, -0.1) is 0 Å². The van der Waals surface area contributed by atoms with Crippen LogP contribution in [0.1, 0.15) is 39.5 Å². The van der Waals surface area contributed by atoms with Gasteiger partial charge in [0, 0.05) is 19.6 Å². The van der Waals surface area contributed by atoms with Crippen LogP contribution in [0.2, 0.25) is 0 Å². The zero-order valence-corrected chi connectivity index (χ0v) is 11.8. The maximum Gasteiger partial charge on any atom is 0.0594 e. The molecular formula is C13H27NOS. The third-order valence-corrected chi connectivity index (χ3v) is 4.23. The molecule has 0 aromatic heterocycles. The number of hydrogen-bond donors (Lipinski definition) is 1. The summed E-state index contributed by atoms with van der Waals surface area (Å²) in [5, 5.41) is 0. The van der Waals surface area contributed by atoms with Crippen molar-refractivity contribution < 1.29 is 4.74 Å². The van der Waals surface area contributed by atoms with E-state index in [-0.39, 0.29) is 0 Å². The molecule has 0 radical (unpaired) electrons. The first-order valence-corrected chi connectivity index (χ1v) is 7.30. The average molecular weight is 245 g/mol. The summed E-state index contributed by atoms with van der Waals surface area (Å²) in [5.41, 5.74) is 0.434. The third kappa shape index (κ3) is 4.27. The topological polar surface area (TPSA) is 12.5 Å². The number of rotatable bonds is 7. The molecule has 0 saturated carbocycles. The van der Waals surface area contributed by atoms with Crippen molar-refractivity contribution in [2.24, 2.45) is 5.41 Å². The largest absolute Gasteiger partial charge is 0.379 e. The van der Waals surface area contributed by atoms with E-state index in [9.17, 15) is 0 Å². The molecule has 1 heterocycles. The average Bonchev–Trinajstić information content (AvgIpc) is 2.31. The fourth-order valence-electron chi connectivity index (χ4n) is 2.79. The molecule has 0 amide bonds. The van der Waals surface area contributed by atoms with Gasteiger partial charge in [0.1, 0.15) is 0 Å². The Hall–Kier alpha value is 0.270. The molecule has 0 aliphatic carbocycles. The lowest BCUT2D eigenvalue weighted by molar-refractivity contribution is 0.0162. The van der Waals surface area contributed by atoms with Gasteiger partial charge in [0.2, 0.25) is 0 Å². The predicted molar refractivity (Wildman–Crippen MR) is 73.4 cm³/mol. The Morgan fingerprint density at radius 3 is 2.12 bits per heavy atom. The van der Waals surface area contributed by atoms with Gasteiger partial charge in [0.05, 0.1) is 13.2 Å². The molecule has 16 heavy (non-hydrogen) atoms. The lowest BCUT2D eigenvalue weighted by atomic mass is 9.80. The fraction of sp³-hybridized carbons (Fsp3) is 1.00. The van der Waals surface area contributed by atoms with Crippen LogP contribution >= 0.6 is 12.6 Å². The molecule has 0 aromatic rings. The van der Waals surface area contributed by atoms with E-state index in [1.54, 1.807) is 0 Å². The van der Waals surface area contributed by atoms with Crippen LogP contribution in [-0.4, -0.2) is 43.5 Å². The molecule has 1 saturated heterocycles. The van der Waals surface area contributed by atoms with Crippen LogP contribution in [0.25, 0.3) is 0 Å². The van der Waals surface area contributed by atoms with Gasteiger partial charge in [-0.1, -0.05) is 26.7 Å². The van der Waals surface area contributed by atoms with Crippen molar-refractivity contribution in [1.82, 2.24) is 4.90 Å². The highest BCUT2D eigenvalue weighted by Gasteiger charge is 2.29. The van der Waals surface area contributed by atoms with Gasteiger partial charge < -0.3 is 4.74 Å². The maximum absolute atomic E-state index is 5.41. The van der Waals surface area contributed by atoms with Gasteiger partial charge in [0.25, 0.3) is 0 Å². The zero-order chi connectivity index (χ0) is 11.9. The summed E-state index contributed by atoms with van der Waals surface area (Å²) >= 11 is 4.61. The maximum atomic E-state index is 5.41. The minimum atomic E-state index is 0.434. The SMILES string of the molecule is CCCC(CS)(CCC)CN1CCOCC1. The highest BCUT2D eigenvalue weighted by molar-refractivity contribution is 7.80. The second kappa shape index (κ2) is 7.57. The first-order valence-electron chi connectivity index (χ1n) is 6.67. The second-order valence-corrected chi connectivity index (χ2v) is 5.36. The number of thiol groups is 1. The minimum Gasteiger partial charge on any atom is -0.379 e. The third-order valence-electron chi connectivity index (χ3n) is 3.56. The van der Waals surface area contributed by atoms with E-state index in [4.69, 9.17) is 4.74 Å². The van der Waals surface area contributed by atoms with Crippen LogP contribution in [-0.2, 0) is 4.74 Å². The lowest BCUT2D eigenvalue weighted by Crippen LogP contribution is -2.44. The number of morpholine rings is 1. The smallest absolute Gasteiger partial charge is 0.0594 e. The van der Waals surface area contributed by atoms with Crippen molar-refractivity contribution in [3.8, 4) is 0 Å². The summed E-state index contributed by atoms with van der Waals surface area (Å²) in [7, 11) is 0. The van der Waals surface area contributed by atoms with E-state index in [2.05, 4.69) is 31.4 Å². The van der Waals surface area contributed by atoms with Gasteiger partial charge in [-0.2, -0.15) is 12.6 Å². The van der Waals surface area contributed by atoms with Crippen LogP contribution < -0.4 is 0 Å². The number of nitrogens with zero attached hydrogens (tertiary/aromatic N) is 1. The highest BCUT2D eigenvalue weighted by Crippen LogP contribution is 2.32. The van der Waals surface area contributed by atoms with Gasteiger partial charge in [-0.05, 0) is 24.0 Å². The standard InChI is InChI=1S/C13H27NOS/c1-3-5-13(12-16,6-4-2)11-14-7-9-15-10-8-14/h16H,3-12H2,1-2H3. The highest BCUT2D eigenvalue weighted by atomic mass is 32.1. The minimum absolute atomic E-state index is 0.434. The Morgan fingerprint density at radius 2 is 1.69 bits per heavy atom. The van der Waals surface area contributed by atoms with E-state index in [0.717, 1.165) is 32.1 Å². The molecule has 0 aromatic carbocycles. The Labute approximate surface area is 106 Å². The van der Waals surface area contributed by atoms with E-state index < -0.39 is 0 Å². The fourth-order valence-corrected chi connectivity index (χ4v) is 3.20. The first-order chi connectivity index (χ1) is 7.76. The molecular weight excluding hydrogens is 218 g/mol. The summed E-state index contributed by atoms with van der Waals surface area (Å²) in [4.78, 5) is 2.56. The molecule has 2 nitrogen and oxygen atoms in total. The van der Waals surface area contributed by atoms with Crippen LogP contribution in [0.4, 0.5) is 0 Å². The summed E-state index contributed by atoms with van der Waals surface area (Å²) in [5.74, 6) is 1.02. The molecule has 3 heteroatoms. The molecule has 0 unspecified atom stereocenters. The second-order valence-electron chi connectivity index (χ2n) is 5.05. The first kappa shape index (κ1) is 14.3. The normalized spacial score (nSPS) is 18.9. The predicted octanol–water partition coefficient (Wildman–Crippen LogP) is 2.84. The van der Waals surface area contributed by atoms with Crippen molar-refractivity contribution in [3.05, 3.63) is 0 Å². The summed E-state index contributed by atoms with van der Waals surface area (Å²) in [6.45, 7) is 9.79. The summed E-state index contributed by atoms with van der Waals surface area (Å²) in [6, 6.07) is 0. The molecule has 1 fully saturated rings. The van der Waals surface area contributed by atoms with Gasteiger partial charge in [-0.25, -0.2) is 0 Å². The Kier molecular flexibility index (Phi) is 6.78. The van der Waals surface area contributed by atoms with Crippen molar-refractivity contribution in [2.75, 3.05) is 38.6 Å². The Morgan fingerprint density at radius 1 is 1.12 bits per heavy atom. The summed E-state index contributed by atoms with van der Waals surface area (Å²) < 4.78 is 5.41. The molecule has 1 aliphatic heterocycles. The van der Waals surface area contributed by atoms with Gasteiger partial charge in [-0.3, -0.25) is 4.90 Å². The quantitative estimate of drug-likeness (QED) is 0.693. The molecule has 0 bridgehead atoms. The van der Waals surface area contributed by atoms with Crippen molar-refractivity contribution in [1.29, 1.82) is 0 Å². The number of hydrogen-bond acceptors (Lipinski definition) is 3. The molecule has 0 N–H and O–H groups in total. The van der Waals surface area contributed by atoms with Crippen molar-refractivity contribution in [3.63, 3.8) is 0 Å².